The topological polar surface area (TPSA) is 120 Å². The molecule has 38 heavy (non-hydrogen) atoms. The first kappa shape index (κ1) is 28.8. The molecule has 0 saturated heterocycles. The van der Waals surface area contributed by atoms with Gasteiger partial charge >= 0.3 is 12.1 Å². The Morgan fingerprint density at radius 2 is 1.55 bits per heavy atom. The van der Waals surface area contributed by atoms with Crippen LogP contribution in [-0.4, -0.2) is 45.6 Å². The largest absolute Gasteiger partial charge is 0.458 e. The number of nitrogens with one attached hydrogen (secondary N) is 2. The highest BCUT2D eigenvalue weighted by Crippen LogP contribution is 2.18. The fourth-order valence-electron chi connectivity index (χ4n) is 3.37. The summed E-state index contributed by atoms with van der Waals surface area (Å²) in [6.07, 6.45) is 2.73. The van der Waals surface area contributed by atoms with E-state index in [9.17, 15) is 14.4 Å². The van der Waals surface area contributed by atoms with Gasteiger partial charge in [0.15, 0.2) is 5.82 Å². The molecule has 0 bridgehead atoms. The van der Waals surface area contributed by atoms with Crippen molar-refractivity contribution in [3.05, 3.63) is 82.6 Å². The van der Waals surface area contributed by atoms with Crippen LogP contribution in [0.4, 0.5) is 4.79 Å². The molecule has 0 aliphatic carbocycles. The van der Waals surface area contributed by atoms with Crippen molar-refractivity contribution in [1.82, 2.24) is 20.6 Å². The second-order valence-corrected chi connectivity index (χ2v) is 10.6. The Labute approximate surface area is 230 Å². The first-order valence-corrected chi connectivity index (χ1v) is 12.9. The fraction of sp³-hybridized carbons (Fsp3) is 0.321. The normalized spacial score (nSPS) is 12.7. The van der Waals surface area contributed by atoms with E-state index >= 15 is 0 Å². The van der Waals surface area contributed by atoms with Crippen LogP contribution in [0.3, 0.4) is 0 Å². The van der Waals surface area contributed by atoms with Gasteiger partial charge in [-0.05, 0) is 54.8 Å². The molecular weight excluding hydrogens is 552 g/mol. The van der Waals surface area contributed by atoms with Crippen molar-refractivity contribution in [2.75, 3.05) is 0 Å². The van der Waals surface area contributed by atoms with E-state index in [1.54, 1.807) is 33.2 Å². The Bertz CT molecular complexity index is 1230. The van der Waals surface area contributed by atoms with Gasteiger partial charge in [-0.1, -0.05) is 54.6 Å². The second kappa shape index (κ2) is 13.1. The van der Waals surface area contributed by atoms with E-state index in [4.69, 9.17) is 9.47 Å². The van der Waals surface area contributed by atoms with Crippen LogP contribution in [0.5, 0.6) is 0 Å². The zero-order valence-electron chi connectivity index (χ0n) is 21.7. The lowest BCUT2D eigenvalue weighted by Crippen LogP contribution is -2.52. The smallest absolute Gasteiger partial charge is 0.408 e. The van der Waals surface area contributed by atoms with Gasteiger partial charge in [0.2, 0.25) is 5.91 Å². The maximum Gasteiger partial charge on any atom is 0.408 e. The van der Waals surface area contributed by atoms with Gasteiger partial charge in [0, 0.05) is 24.4 Å². The Morgan fingerprint density at radius 3 is 2.16 bits per heavy atom. The summed E-state index contributed by atoms with van der Waals surface area (Å²) in [7, 11) is 0. The van der Waals surface area contributed by atoms with E-state index in [1.165, 1.54) is 6.92 Å². The lowest BCUT2D eigenvalue weighted by Gasteiger charge is -2.24. The molecule has 3 rings (SSSR count). The Hall–Kier alpha value is -3.79. The number of benzene rings is 2. The lowest BCUT2D eigenvalue weighted by molar-refractivity contribution is -0.158. The number of hydrogen-bond donors (Lipinski definition) is 2. The summed E-state index contributed by atoms with van der Waals surface area (Å²) in [5.74, 6) is -0.557. The summed E-state index contributed by atoms with van der Waals surface area (Å²) in [4.78, 5) is 46.7. The van der Waals surface area contributed by atoms with Crippen LogP contribution in [0.25, 0.3) is 11.4 Å². The number of rotatable bonds is 9. The molecule has 0 fully saturated rings. The Morgan fingerprint density at radius 1 is 0.921 bits per heavy atom. The lowest BCUT2D eigenvalue weighted by atomic mass is 10.0. The van der Waals surface area contributed by atoms with Crippen molar-refractivity contribution in [2.45, 2.75) is 58.4 Å². The van der Waals surface area contributed by atoms with E-state index in [1.807, 2.05) is 54.6 Å². The summed E-state index contributed by atoms with van der Waals surface area (Å²) in [5.41, 5.74) is 1.69. The van der Waals surface area contributed by atoms with E-state index in [-0.39, 0.29) is 13.0 Å². The van der Waals surface area contributed by atoms with E-state index in [0.717, 1.165) is 21.2 Å². The van der Waals surface area contributed by atoms with Crippen LogP contribution in [0.2, 0.25) is 0 Å². The summed E-state index contributed by atoms with van der Waals surface area (Å²) < 4.78 is 11.4. The molecule has 2 aromatic carbocycles. The minimum atomic E-state index is -1.00. The van der Waals surface area contributed by atoms with Gasteiger partial charge < -0.3 is 20.1 Å². The summed E-state index contributed by atoms with van der Waals surface area (Å²) >= 11 is 3.32. The average Bonchev–Trinajstić information content (AvgIpc) is 2.87. The first-order chi connectivity index (χ1) is 18.0. The highest BCUT2D eigenvalue weighted by molar-refractivity contribution is 9.10. The molecule has 2 atom stereocenters. The molecule has 10 heteroatoms. The molecule has 9 nitrogen and oxygen atoms in total. The summed E-state index contributed by atoms with van der Waals surface area (Å²) in [6.45, 7) is 6.82. The van der Waals surface area contributed by atoms with Crippen LogP contribution in [0.1, 0.15) is 38.8 Å². The minimum absolute atomic E-state index is 0.0528. The van der Waals surface area contributed by atoms with Crippen molar-refractivity contribution in [3.63, 3.8) is 0 Å². The van der Waals surface area contributed by atoms with E-state index < -0.39 is 35.7 Å². The molecule has 0 saturated carbocycles. The van der Waals surface area contributed by atoms with Crippen molar-refractivity contribution < 1.29 is 23.9 Å². The van der Waals surface area contributed by atoms with Crippen molar-refractivity contribution in [3.8, 4) is 11.4 Å². The van der Waals surface area contributed by atoms with E-state index in [2.05, 4.69) is 36.5 Å². The number of carbonyl (C=O) groups is 3. The molecule has 0 aliphatic heterocycles. The average molecular weight is 583 g/mol. The molecule has 0 aliphatic rings. The van der Waals surface area contributed by atoms with Crippen LogP contribution < -0.4 is 10.6 Å². The summed E-state index contributed by atoms with van der Waals surface area (Å²) in [6, 6.07) is 14.6. The third-order valence-corrected chi connectivity index (χ3v) is 5.62. The fourth-order valence-corrected chi connectivity index (χ4v) is 3.57. The second-order valence-electron chi connectivity index (χ2n) is 9.65. The van der Waals surface area contributed by atoms with Crippen LogP contribution >= 0.6 is 15.9 Å². The Balaban J connectivity index is 1.71. The number of halogens is 1. The molecular formula is C28H31BrN4O5. The number of ether oxygens (including phenoxy) is 2. The van der Waals surface area contributed by atoms with Gasteiger partial charge in [-0.3, -0.25) is 4.79 Å². The first-order valence-electron chi connectivity index (χ1n) is 12.1. The molecule has 2 amide bonds. The molecule has 2 unspecified atom stereocenters. The molecule has 0 spiro atoms. The third-order valence-electron chi connectivity index (χ3n) is 5.21. The predicted octanol–water partition coefficient (Wildman–Crippen LogP) is 4.59. The van der Waals surface area contributed by atoms with Gasteiger partial charge in [-0.2, -0.15) is 0 Å². The molecule has 1 aromatic heterocycles. The molecule has 3 aromatic rings. The quantitative estimate of drug-likeness (QED) is 0.354. The van der Waals surface area contributed by atoms with Crippen molar-refractivity contribution in [2.24, 2.45) is 0 Å². The minimum Gasteiger partial charge on any atom is -0.458 e. The number of nitrogens with zero attached hydrogens (tertiary/aromatic N) is 2. The van der Waals surface area contributed by atoms with Crippen molar-refractivity contribution in [1.29, 1.82) is 0 Å². The number of esters is 1. The molecule has 1 heterocycles. The number of alkyl carbamates (subject to hydrolysis) is 1. The van der Waals surface area contributed by atoms with Gasteiger partial charge in [-0.25, -0.2) is 19.6 Å². The van der Waals surface area contributed by atoms with Gasteiger partial charge in [0.25, 0.3) is 0 Å². The highest BCUT2D eigenvalue weighted by Gasteiger charge is 2.28. The molecule has 0 radical (unpaired) electrons. The standard InChI is InChI=1S/C28H31BrN4O5/c1-18(26(35)38-28(2,3)4)32-25(34)23(33-27(36)37-17-20-8-6-5-7-9-20)14-19-10-12-21(13-11-19)24-30-15-22(29)16-31-24/h5-13,15-16,18,23H,14,17H2,1-4H3,(H,32,34)(H,33,36). The van der Waals surface area contributed by atoms with E-state index in [0.29, 0.717) is 5.82 Å². The third kappa shape index (κ3) is 9.26. The molecule has 2 N–H and O–H groups in total. The highest BCUT2D eigenvalue weighted by atomic mass is 79.9. The monoisotopic (exact) mass is 582 g/mol. The number of amides is 2. The number of aromatic nitrogens is 2. The Kier molecular flexibility index (Phi) is 9.95. The van der Waals surface area contributed by atoms with Gasteiger partial charge in [0.05, 0.1) is 4.47 Å². The van der Waals surface area contributed by atoms with Crippen LogP contribution in [0, 0.1) is 0 Å². The van der Waals surface area contributed by atoms with Gasteiger partial charge in [-0.15, -0.1) is 0 Å². The SMILES string of the molecule is CC(NC(=O)C(Cc1ccc(-c2ncc(Br)cn2)cc1)NC(=O)OCc1ccccc1)C(=O)OC(C)(C)C. The van der Waals surface area contributed by atoms with Crippen molar-refractivity contribution >= 4 is 33.9 Å². The summed E-state index contributed by atoms with van der Waals surface area (Å²) in [5, 5.41) is 5.26. The van der Waals surface area contributed by atoms with Crippen LogP contribution in [0.15, 0.2) is 71.5 Å². The maximum atomic E-state index is 13.1. The van der Waals surface area contributed by atoms with Crippen LogP contribution in [-0.2, 0) is 32.1 Å². The number of carbonyl (C=O) groups excluding carboxylic acids is 3. The van der Waals surface area contributed by atoms with Gasteiger partial charge in [0.1, 0.15) is 24.3 Å². The zero-order valence-corrected chi connectivity index (χ0v) is 23.3. The predicted molar refractivity (Wildman–Crippen MR) is 146 cm³/mol. The zero-order chi connectivity index (χ0) is 27.7. The molecule has 200 valence electrons. The maximum absolute atomic E-state index is 13.1. The number of hydrogen-bond acceptors (Lipinski definition) is 7.